The van der Waals surface area contributed by atoms with Crippen LogP contribution in [0.3, 0.4) is 0 Å². The van der Waals surface area contributed by atoms with E-state index in [0.29, 0.717) is 13.2 Å². The van der Waals surface area contributed by atoms with Gasteiger partial charge in [0.2, 0.25) is 0 Å². The first-order valence-electron chi connectivity index (χ1n) is 3.79. The zero-order valence-electron chi connectivity index (χ0n) is 7.03. The lowest BCUT2D eigenvalue weighted by atomic mass is 10.1. The summed E-state index contributed by atoms with van der Waals surface area (Å²) in [5.41, 5.74) is 2.36. The molecule has 1 aromatic carbocycles. The van der Waals surface area contributed by atoms with Crippen molar-refractivity contribution in [3.8, 4) is 0 Å². The molecule has 2 nitrogen and oxygen atoms in total. The molecule has 1 rings (SSSR count). The maximum absolute atomic E-state index is 3.80. The largest absolute Gasteiger partial charge is 0.578 e. The van der Waals surface area contributed by atoms with Crippen LogP contribution in [-0.2, 0) is 13.2 Å². The zero-order valence-corrected chi connectivity index (χ0v) is 7.03. The second kappa shape index (κ2) is 4.91. The van der Waals surface area contributed by atoms with Gasteiger partial charge >= 0.3 is 0 Å². The smallest absolute Gasteiger partial charge is 0.145 e. The molecule has 0 heterocycles. The average molecular weight is 166 g/mol. The Labute approximate surface area is 73.1 Å². The third kappa shape index (κ3) is 2.64. The van der Waals surface area contributed by atoms with Crippen LogP contribution in [-0.4, -0.2) is 9.47 Å². The fraction of sp³-hybridized carbons (Fsp3) is 0.200. The van der Waals surface area contributed by atoms with Crippen molar-refractivity contribution < 1.29 is 9.47 Å². The molecule has 0 unspecified atom stereocenters. The van der Waals surface area contributed by atoms with E-state index >= 15 is 0 Å². The van der Waals surface area contributed by atoms with Gasteiger partial charge in [-0.25, -0.2) is 0 Å². The van der Waals surface area contributed by atoms with Crippen molar-refractivity contribution in [3.63, 3.8) is 0 Å². The van der Waals surface area contributed by atoms with Crippen molar-refractivity contribution >= 4 is 0 Å². The molecule has 0 atom stereocenters. The molecule has 0 saturated heterocycles. The van der Waals surface area contributed by atoms with E-state index < -0.39 is 0 Å². The Morgan fingerprint density at radius 1 is 0.833 bits per heavy atom. The monoisotopic (exact) mass is 166 g/mol. The van der Waals surface area contributed by atoms with Gasteiger partial charge in [0.25, 0.3) is 0 Å². The maximum atomic E-state index is 3.80. The second-order valence-corrected chi connectivity index (χ2v) is 2.58. The summed E-state index contributed by atoms with van der Waals surface area (Å²) in [5.74, 6) is 0. The topological polar surface area (TPSA) is 25.6 Å². The minimum absolute atomic E-state index is 0.682. The van der Waals surface area contributed by atoms with Crippen LogP contribution in [0.4, 0.5) is 0 Å². The van der Waals surface area contributed by atoms with Gasteiger partial charge in [-0.2, -0.15) is 0 Å². The standard InChI is InChI=1S/C10H14O2/c1-11-7-9-3-5-10(6-4-9)8-12-2/h3-6,11-12H,1-2,7-8H2. The van der Waals surface area contributed by atoms with Crippen LogP contribution in [0, 0.1) is 14.2 Å². The molecule has 0 saturated carbocycles. The quantitative estimate of drug-likeness (QED) is 0.476. The van der Waals surface area contributed by atoms with Crippen molar-refractivity contribution in [2.75, 3.05) is 0 Å². The molecular formula is C10H14O2. The molecule has 0 aliphatic heterocycles. The van der Waals surface area contributed by atoms with Gasteiger partial charge in [0.15, 0.2) is 0 Å². The number of aliphatic hydroxyl groups is 4. The summed E-state index contributed by atoms with van der Waals surface area (Å²) in [7, 11) is 6.87. The highest BCUT2D eigenvalue weighted by Crippen LogP contribution is 2.05. The van der Waals surface area contributed by atoms with E-state index in [0.717, 1.165) is 0 Å². The minimum atomic E-state index is 0.682. The van der Waals surface area contributed by atoms with Gasteiger partial charge in [-0.15, -0.1) is 0 Å². The fourth-order valence-electron chi connectivity index (χ4n) is 1.01. The lowest BCUT2D eigenvalue weighted by Crippen LogP contribution is -1.92. The van der Waals surface area contributed by atoms with E-state index in [4.69, 9.17) is 0 Å². The van der Waals surface area contributed by atoms with Crippen LogP contribution >= 0.6 is 0 Å². The Bertz CT molecular complexity index is 191. The van der Waals surface area contributed by atoms with Crippen LogP contribution in [0.15, 0.2) is 24.3 Å². The highest BCUT2D eigenvalue weighted by atomic mass is 16.5. The minimum Gasteiger partial charge on any atom is -0.578 e. The van der Waals surface area contributed by atoms with Crippen LogP contribution in [0.2, 0.25) is 0 Å². The highest BCUT2D eigenvalue weighted by molar-refractivity contribution is 5.21. The third-order valence-corrected chi connectivity index (χ3v) is 1.61. The summed E-state index contributed by atoms with van der Waals surface area (Å²) in [4.78, 5) is 0. The zero-order chi connectivity index (χ0) is 8.81. The molecule has 0 aliphatic rings. The molecule has 2 heteroatoms. The SMILES string of the molecule is [CH2-][OH+]Cc1ccc(C[OH+][CH2-])cc1. The molecule has 0 fully saturated rings. The molecule has 0 aliphatic carbocycles. The summed E-state index contributed by atoms with van der Waals surface area (Å²) in [6.07, 6.45) is 0. The molecule has 0 bridgehead atoms. The Morgan fingerprint density at radius 2 is 1.17 bits per heavy atom. The molecule has 0 amide bonds. The Morgan fingerprint density at radius 3 is 1.42 bits per heavy atom. The molecule has 1 aromatic rings. The van der Waals surface area contributed by atoms with Gasteiger partial charge in [-0.3, -0.25) is 0 Å². The lowest BCUT2D eigenvalue weighted by Gasteiger charge is -2.03. The maximum Gasteiger partial charge on any atom is 0.145 e. The summed E-state index contributed by atoms with van der Waals surface area (Å²) < 4.78 is 7.59. The Balaban J connectivity index is 2.58. The van der Waals surface area contributed by atoms with Gasteiger partial charge in [-0.05, 0) is 0 Å². The summed E-state index contributed by atoms with van der Waals surface area (Å²) >= 11 is 0. The summed E-state index contributed by atoms with van der Waals surface area (Å²) in [5, 5.41) is 0. The van der Waals surface area contributed by atoms with Gasteiger partial charge in [-0.1, -0.05) is 38.5 Å². The Hall–Kier alpha value is -0.860. The first kappa shape index (κ1) is 9.23. The number of rotatable bonds is 4. The van der Waals surface area contributed by atoms with Crippen molar-refractivity contribution in [2.45, 2.75) is 13.2 Å². The lowest BCUT2D eigenvalue weighted by molar-refractivity contribution is 0.0381. The van der Waals surface area contributed by atoms with Gasteiger partial charge in [0.1, 0.15) is 13.2 Å². The number of hydrogen-bond acceptors (Lipinski definition) is 0. The molecule has 66 valence electrons. The summed E-state index contributed by atoms with van der Waals surface area (Å²) in [6.45, 7) is 1.36. The number of hydrogen-bond donors (Lipinski definition) is 0. The second-order valence-electron chi connectivity index (χ2n) is 2.58. The van der Waals surface area contributed by atoms with Crippen LogP contribution in [0.5, 0.6) is 0 Å². The van der Waals surface area contributed by atoms with Crippen LogP contribution in [0.25, 0.3) is 0 Å². The van der Waals surface area contributed by atoms with E-state index in [-0.39, 0.29) is 0 Å². The van der Waals surface area contributed by atoms with E-state index in [9.17, 15) is 0 Å². The summed E-state index contributed by atoms with van der Waals surface area (Å²) in [6, 6.07) is 8.15. The van der Waals surface area contributed by atoms with Crippen molar-refractivity contribution in [1.82, 2.24) is 0 Å². The molecule has 2 N–H and O–H groups in total. The highest BCUT2D eigenvalue weighted by Gasteiger charge is 1.94. The first-order valence-corrected chi connectivity index (χ1v) is 3.79. The van der Waals surface area contributed by atoms with Crippen LogP contribution in [0.1, 0.15) is 11.1 Å². The molecule has 0 radical (unpaired) electrons. The van der Waals surface area contributed by atoms with Crippen molar-refractivity contribution in [1.29, 1.82) is 0 Å². The van der Waals surface area contributed by atoms with Crippen LogP contribution < -0.4 is 0 Å². The Kier molecular flexibility index (Phi) is 3.77. The predicted molar refractivity (Wildman–Crippen MR) is 49.0 cm³/mol. The average Bonchev–Trinajstić information content (AvgIpc) is 2.09. The van der Waals surface area contributed by atoms with E-state index in [1.54, 1.807) is 0 Å². The van der Waals surface area contributed by atoms with E-state index in [1.807, 2.05) is 24.3 Å². The van der Waals surface area contributed by atoms with Gasteiger partial charge in [0, 0.05) is 11.1 Å². The molecule has 0 aromatic heterocycles. The van der Waals surface area contributed by atoms with E-state index in [2.05, 4.69) is 23.7 Å². The number of ether oxygens (including phenoxy) is 2. The number of benzene rings is 1. The van der Waals surface area contributed by atoms with Gasteiger partial charge in [0.05, 0.1) is 0 Å². The van der Waals surface area contributed by atoms with E-state index in [1.165, 1.54) is 11.1 Å². The van der Waals surface area contributed by atoms with Crippen molar-refractivity contribution in [3.05, 3.63) is 49.6 Å². The predicted octanol–water partition coefficient (Wildman–Crippen LogP) is 1.33. The molecule has 0 spiro atoms. The normalized spacial score (nSPS) is 10.2. The van der Waals surface area contributed by atoms with Gasteiger partial charge < -0.3 is 9.47 Å². The fourth-order valence-corrected chi connectivity index (χ4v) is 1.01. The van der Waals surface area contributed by atoms with Crippen molar-refractivity contribution in [2.24, 2.45) is 0 Å². The molecular weight excluding hydrogens is 152 g/mol. The first-order chi connectivity index (χ1) is 5.86. The third-order valence-electron chi connectivity index (χ3n) is 1.61. The molecule has 12 heavy (non-hydrogen) atoms.